The van der Waals surface area contributed by atoms with Crippen molar-refractivity contribution in [1.82, 2.24) is 24.8 Å². The first-order valence-corrected chi connectivity index (χ1v) is 9.40. The van der Waals surface area contributed by atoms with Gasteiger partial charge in [-0.1, -0.05) is 6.42 Å². The molecule has 4 aromatic heterocycles. The third kappa shape index (κ3) is 2.95. The number of pyridine rings is 1. The number of imidazole rings is 1. The summed E-state index contributed by atoms with van der Waals surface area (Å²) >= 11 is 1.63. The quantitative estimate of drug-likeness (QED) is 0.480. The first-order chi connectivity index (χ1) is 12.8. The van der Waals surface area contributed by atoms with Crippen LogP contribution in [0, 0.1) is 0 Å². The Hall–Kier alpha value is -2.78. The van der Waals surface area contributed by atoms with E-state index in [0.29, 0.717) is 18.1 Å². The number of nitrogens with zero attached hydrogens (tertiary/aromatic N) is 5. The molecule has 0 unspecified atom stereocenters. The van der Waals surface area contributed by atoms with Crippen molar-refractivity contribution in [3.05, 3.63) is 29.1 Å². The number of thiophene rings is 1. The number of aryl methyl sites for hydroxylation is 1. The molecule has 0 bridgehead atoms. The van der Waals surface area contributed by atoms with Gasteiger partial charge in [-0.25, -0.2) is 9.61 Å². The van der Waals surface area contributed by atoms with Crippen LogP contribution in [0.15, 0.2) is 33.7 Å². The van der Waals surface area contributed by atoms with E-state index in [1.807, 2.05) is 23.7 Å². The van der Waals surface area contributed by atoms with Crippen LogP contribution in [0.25, 0.3) is 33.8 Å². The number of rotatable bonds is 7. The molecule has 0 aliphatic heterocycles. The predicted octanol–water partition coefficient (Wildman–Crippen LogP) is 2.92. The van der Waals surface area contributed by atoms with Crippen molar-refractivity contribution >= 4 is 28.2 Å². The Balaban J connectivity index is 1.85. The minimum absolute atomic E-state index is 0.230. The lowest BCUT2D eigenvalue weighted by molar-refractivity contribution is 0.310. The van der Waals surface area contributed by atoms with Crippen molar-refractivity contribution in [2.45, 2.75) is 25.8 Å². The molecule has 8 nitrogen and oxygen atoms in total. The fraction of sp³-hybridized carbons (Fsp3) is 0.294. The van der Waals surface area contributed by atoms with Crippen LogP contribution in [-0.2, 0) is 6.54 Å². The minimum Gasteiger partial charge on any atom is -0.379 e. The zero-order valence-corrected chi connectivity index (χ0v) is 14.9. The first-order valence-electron chi connectivity index (χ1n) is 8.46. The Kier molecular flexibility index (Phi) is 4.63. The number of nitrogens with two attached hydrogens (primary N) is 2. The second-order valence-corrected chi connectivity index (χ2v) is 6.75. The average Bonchev–Trinajstić information content (AvgIpc) is 3.38. The lowest BCUT2D eigenvalue weighted by Gasteiger charge is -2.07. The molecule has 4 N–H and O–H groups in total. The van der Waals surface area contributed by atoms with Crippen LogP contribution < -0.4 is 11.5 Å². The van der Waals surface area contributed by atoms with Crippen molar-refractivity contribution in [2.75, 3.05) is 12.3 Å². The van der Waals surface area contributed by atoms with Crippen molar-refractivity contribution in [3.63, 3.8) is 0 Å². The van der Waals surface area contributed by atoms with Gasteiger partial charge in [0.25, 0.3) is 0 Å². The Bertz CT molecular complexity index is 1010. The third-order valence-electron chi connectivity index (χ3n) is 4.27. The van der Waals surface area contributed by atoms with Crippen LogP contribution in [0.1, 0.15) is 19.3 Å². The summed E-state index contributed by atoms with van der Waals surface area (Å²) < 4.78 is 6.90. The van der Waals surface area contributed by atoms with E-state index >= 15 is 0 Å². The molecule has 0 spiro atoms. The van der Waals surface area contributed by atoms with E-state index in [1.165, 1.54) is 0 Å². The van der Waals surface area contributed by atoms with Gasteiger partial charge in [-0.3, -0.25) is 4.98 Å². The van der Waals surface area contributed by atoms with E-state index in [-0.39, 0.29) is 5.82 Å². The predicted molar refractivity (Wildman–Crippen MR) is 101 cm³/mol. The van der Waals surface area contributed by atoms with E-state index in [0.717, 1.165) is 48.1 Å². The maximum Gasteiger partial charge on any atom is 0.199 e. The number of nitrogen functional groups attached to an aromatic ring is 1. The molecule has 9 heteroatoms. The largest absolute Gasteiger partial charge is 0.379 e. The van der Waals surface area contributed by atoms with Crippen molar-refractivity contribution < 1.29 is 4.63 Å². The molecule has 134 valence electrons. The molecule has 0 radical (unpaired) electrons. The molecule has 0 aliphatic rings. The average molecular weight is 369 g/mol. The SMILES string of the molecule is NCCCCCn1c(-c2nonc2N)nc2c(-c3ccsc3)nccc21. The summed E-state index contributed by atoms with van der Waals surface area (Å²) in [7, 11) is 0. The zero-order chi connectivity index (χ0) is 17.9. The monoisotopic (exact) mass is 369 g/mol. The molecule has 0 aromatic carbocycles. The highest BCUT2D eigenvalue weighted by molar-refractivity contribution is 7.08. The van der Waals surface area contributed by atoms with Gasteiger partial charge in [0.15, 0.2) is 17.3 Å². The second kappa shape index (κ2) is 7.22. The fourth-order valence-corrected chi connectivity index (χ4v) is 3.65. The molecule has 26 heavy (non-hydrogen) atoms. The van der Waals surface area contributed by atoms with Crippen molar-refractivity contribution in [3.8, 4) is 22.8 Å². The van der Waals surface area contributed by atoms with Crippen LogP contribution in [0.2, 0.25) is 0 Å². The summed E-state index contributed by atoms with van der Waals surface area (Å²) in [5, 5.41) is 11.7. The fourth-order valence-electron chi connectivity index (χ4n) is 3.01. The van der Waals surface area contributed by atoms with Gasteiger partial charge in [0.05, 0.1) is 11.2 Å². The van der Waals surface area contributed by atoms with Crippen molar-refractivity contribution in [1.29, 1.82) is 0 Å². The normalized spacial score (nSPS) is 11.4. The number of hydrogen-bond donors (Lipinski definition) is 2. The lowest BCUT2D eigenvalue weighted by Crippen LogP contribution is -2.04. The number of aromatic nitrogens is 5. The van der Waals surface area contributed by atoms with Gasteiger partial charge in [0, 0.05) is 23.7 Å². The number of anilines is 1. The van der Waals surface area contributed by atoms with Crippen LogP contribution in [0.4, 0.5) is 5.82 Å². The molecule has 4 rings (SSSR count). The van der Waals surface area contributed by atoms with E-state index in [4.69, 9.17) is 21.1 Å². The van der Waals surface area contributed by atoms with Gasteiger partial charge in [-0.15, -0.1) is 0 Å². The summed E-state index contributed by atoms with van der Waals surface area (Å²) in [6.07, 6.45) is 4.83. The van der Waals surface area contributed by atoms with Gasteiger partial charge in [-0.05, 0) is 47.2 Å². The highest BCUT2D eigenvalue weighted by Crippen LogP contribution is 2.32. The smallest absolute Gasteiger partial charge is 0.199 e. The molecule has 4 aromatic rings. The second-order valence-electron chi connectivity index (χ2n) is 5.97. The molecule has 0 atom stereocenters. The molecule has 0 aliphatic carbocycles. The van der Waals surface area contributed by atoms with Gasteiger partial charge in [-0.2, -0.15) is 11.3 Å². The summed E-state index contributed by atoms with van der Waals surface area (Å²) in [6, 6.07) is 4.01. The Morgan fingerprint density at radius 1 is 1.12 bits per heavy atom. The Morgan fingerprint density at radius 3 is 2.77 bits per heavy atom. The Morgan fingerprint density at radius 2 is 2.04 bits per heavy atom. The van der Waals surface area contributed by atoms with E-state index in [1.54, 1.807) is 11.3 Å². The number of unbranched alkanes of at least 4 members (excludes halogenated alkanes) is 2. The molecular weight excluding hydrogens is 350 g/mol. The molecule has 0 amide bonds. The van der Waals surface area contributed by atoms with Gasteiger partial charge in [0.1, 0.15) is 5.52 Å². The molecule has 4 heterocycles. The summed E-state index contributed by atoms with van der Waals surface area (Å²) in [5.74, 6) is 0.879. The highest BCUT2D eigenvalue weighted by Gasteiger charge is 2.21. The summed E-state index contributed by atoms with van der Waals surface area (Å²) in [6.45, 7) is 1.48. The summed E-state index contributed by atoms with van der Waals surface area (Å²) in [5.41, 5.74) is 15.7. The zero-order valence-electron chi connectivity index (χ0n) is 14.1. The van der Waals surface area contributed by atoms with E-state index < -0.39 is 0 Å². The molecule has 0 saturated carbocycles. The minimum atomic E-state index is 0.230. The maximum atomic E-state index is 5.92. The van der Waals surface area contributed by atoms with Gasteiger partial charge in [0.2, 0.25) is 0 Å². The van der Waals surface area contributed by atoms with Crippen LogP contribution in [-0.4, -0.2) is 31.4 Å². The summed E-state index contributed by atoms with van der Waals surface area (Å²) in [4.78, 5) is 9.35. The lowest BCUT2D eigenvalue weighted by atomic mass is 10.2. The molecule has 0 saturated heterocycles. The van der Waals surface area contributed by atoms with Crippen LogP contribution in [0.5, 0.6) is 0 Å². The maximum absolute atomic E-state index is 5.92. The Labute approximate surface area is 153 Å². The molecule has 0 fully saturated rings. The van der Waals surface area contributed by atoms with Crippen LogP contribution in [0.3, 0.4) is 0 Å². The van der Waals surface area contributed by atoms with E-state index in [9.17, 15) is 0 Å². The molecular formula is C17H19N7OS. The highest BCUT2D eigenvalue weighted by atomic mass is 32.1. The van der Waals surface area contributed by atoms with Gasteiger partial charge < -0.3 is 16.0 Å². The van der Waals surface area contributed by atoms with E-state index in [2.05, 4.69) is 25.2 Å². The number of fused-ring (bicyclic) bond motifs is 1. The standard InChI is InChI=1S/C17H19N7OS/c18-6-2-1-3-8-24-12-4-7-20-13(11-5-9-26-10-11)14(12)21-17(24)15-16(19)23-25-22-15/h4-5,7,9-10H,1-3,6,8,18H2,(H2,19,23). The van der Waals surface area contributed by atoms with Crippen LogP contribution >= 0.6 is 11.3 Å². The first kappa shape index (κ1) is 16.7. The topological polar surface area (TPSA) is 122 Å². The third-order valence-corrected chi connectivity index (χ3v) is 4.96. The van der Waals surface area contributed by atoms with Gasteiger partial charge >= 0.3 is 0 Å². The number of hydrogen-bond acceptors (Lipinski definition) is 8. The van der Waals surface area contributed by atoms with Crippen molar-refractivity contribution in [2.24, 2.45) is 5.73 Å².